The summed E-state index contributed by atoms with van der Waals surface area (Å²) in [6.07, 6.45) is 0. The van der Waals surface area contributed by atoms with Gasteiger partial charge in [0.1, 0.15) is 6.07 Å². The molecule has 0 radical (unpaired) electrons. The van der Waals surface area contributed by atoms with Crippen LogP contribution < -0.4 is 4.90 Å². The molecule has 142 valence electrons. The first-order valence-corrected chi connectivity index (χ1v) is 9.57. The zero-order chi connectivity index (χ0) is 19.5. The molecule has 3 aromatic rings. The van der Waals surface area contributed by atoms with Crippen molar-refractivity contribution in [2.75, 3.05) is 31.1 Å². The molecule has 0 atom stereocenters. The molecule has 6 nitrogen and oxygen atoms in total. The van der Waals surface area contributed by atoms with Gasteiger partial charge in [0.05, 0.1) is 17.8 Å². The molecule has 0 bridgehead atoms. The molecule has 28 heavy (non-hydrogen) atoms. The lowest BCUT2D eigenvalue weighted by Gasteiger charge is -2.35. The van der Waals surface area contributed by atoms with Crippen molar-refractivity contribution in [2.24, 2.45) is 0 Å². The van der Waals surface area contributed by atoms with Gasteiger partial charge in [-0.3, -0.25) is 4.90 Å². The van der Waals surface area contributed by atoms with Gasteiger partial charge in [0.2, 0.25) is 11.7 Å². The van der Waals surface area contributed by atoms with Gasteiger partial charge >= 0.3 is 0 Å². The van der Waals surface area contributed by atoms with Crippen LogP contribution in [0.5, 0.6) is 0 Å². The third-order valence-corrected chi connectivity index (χ3v) is 5.16. The Kier molecular flexibility index (Phi) is 5.29. The summed E-state index contributed by atoms with van der Waals surface area (Å²) in [6, 6.07) is 15.8. The third-order valence-electron chi connectivity index (χ3n) is 4.93. The molecule has 0 N–H and O–H groups in total. The van der Waals surface area contributed by atoms with E-state index < -0.39 is 0 Å². The molecular weight excluding hydrogens is 374 g/mol. The van der Waals surface area contributed by atoms with Crippen molar-refractivity contribution in [3.63, 3.8) is 0 Å². The molecule has 4 rings (SSSR count). The maximum atomic E-state index is 9.36. The molecule has 1 aromatic heterocycles. The lowest BCUT2D eigenvalue weighted by molar-refractivity contribution is 0.215. The summed E-state index contributed by atoms with van der Waals surface area (Å²) in [5.41, 5.74) is 3.70. The second kappa shape index (κ2) is 8.01. The molecule has 1 aliphatic rings. The van der Waals surface area contributed by atoms with Gasteiger partial charge in [-0.25, -0.2) is 0 Å². The number of anilines is 1. The smallest absolute Gasteiger partial charge is 0.241 e. The number of nitrogens with zero attached hydrogens (tertiary/aromatic N) is 5. The standard InChI is InChI=1S/C21H20ClN5O/c1-15-2-4-16(5-3-15)21-24-20(28-25-21)14-26-8-10-27(11-9-26)19-7-6-18(22)12-17(19)13-23/h2-7,12H,8-11,14H2,1H3. The molecule has 7 heteroatoms. The van der Waals surface area contributed by atoms with E-state index >= 15 is 0 Å². The fourth-order valence-corrected chi connectivity index (χ4v) is 3.52. The van der Waals surface area contributed by atoms with Crippen LogP contribution in [0.25, 0.3) is 11.4 Å². The van der Waals surface area contributed by atoms with Gasteiger partial charge in [-0.2, -0.15) is 10.2 Å². The second-order valence-electron chi connectivity index (χ2n) is 6.91. The molecule has 0 unspecified atom stereocenters. The number of aromatic nitrogens is 2. The molecule has 0 spiro atoms. The fourth-order valence-electron chi connectivity index (χ4n) is 3.35. The molecule has 1 fully saturated rings. The number of halogens is 1. The average molecular weight is 394 g/mol. The third kappa shape index (κ3) is 4.01. The predicted molar refractivity (Wildman–Crippen MR) is 108 cm³/mol. The van der Waals surface area contributed by atoms with Crippen LogP contribution in [0, 0.1) is 18.3 Å². The number of nitriles is 1. The van der Waals surface area contributed by atoms with Crippen molar-refractivity contribution in [3.8, 4) is 17.5 Å². The highest BCUT2D eigenvalue weighted by Crippen LogP contribution is 2.25. The van der Waals surface area contributed by atoms with Gasteiger partial charge in [-0.05, 0) is 25.1 Å². The summed E-state index contributed by atoms with van der Waals surface area (Å²) >= 11 is 6.00. The van der Waals surface area contributed by atoms with Gasteiger partial charge in [-0.1, -0.05) is 46.6 Å². The maximum absolute atomic E-state index is 9.36. The number of hydrogen-bond acceptors (Lipinski definition) is 6. The van der Waals surface area contributed by atoms with Crippen LogP contribution in [0.3, 0.4) is 0 Å². The molecule has 0 amide bonds. The van der Waals surface area contributed by atoms with Gasteiger partial charge in [0.25, 0.3) is 0 Å². The lowest BCUT2D eigenvalue weighted by atomic mass is 10.1. The number of rotatable bonds is 4. The summed E-state index contributed by atoms with van der Waals surface area (Å²) < 4.78 is 5.44. The first-order valence-electron chi connectivity index (χ1n) is 9.19. The molecule has 1 saturated heterocycles. The van der Waals surface area contributed by atoms with E-state index in [2.05, 4.69) is 32.9 Å². The molecule has 2 aromatic carbocycles. The van der Waals surface area contributed by atoms with Crippen molar-refractivity contribution in [1.82, 2.24) is 15.0 Å². The van der Waals surface area contributed by atoms with Crippen LogP contribution >= 0.6 is 11.6 Å². The zero-order valence-corrected chi connectivity index (χ0v) is 16.4. The predicted octanol–water partition coefficient (Wildman–Crippen LogP) is 3.89. The van der Waals surface area contributed by atoms with Crippen molar-refractivity contribution < 1.29 is 4.52 Å². The maximum Gasteiger partial charge on any atom is 0.241 e. The quantitative estimate of drug-likeness (QED) is 0.669. The van der Waals surface area contributed by atoms with Crippen LogP contribution in [0.15, 0.2) is 47.0 Å². The van der Waals surface area contributed by atoms with Crippen LogP contribution in [0.2, 0.25) is 5.02 Å². The van der Waals surface area contributed by atoms with Crippen molar-refractivity contribution in [3.05, 3.63) is 64.5 Å². The summed E-state index contributed by atoms with van der Waals surface area (Å²) in [7, 11) is 0. The van der Waals surface area contributed by atoms with Gasteiger partial charge in [0.15, 0.2) is 0 Å². The molecule has 1 aliphatic heterocycles. The van der Waals surface area contributed by atoms with E-state index in [1.54, 1.807) is 6.07 Å². The van der Waals surface area contributed by atoms with E-state index in [1.165, 1.54) is 5.56 Å². The summed E-state index contributed by atoms with van der Waals surface area (Å²) in [6.45, 7) is 6.04. The van der Waals surface area contributed by atoms with Crippen molar-refractivity contribution in [1.29, 1.82) is 5.26 Å². The first kappa shape index (κ1) is 18.5. The zero-order valence-electron chi connectivity index (χ0n) is 15.6. The van der Waals surface area contributed by atoms with E-state index in [4.69, 9.17) is 16.1 Å². The number of benzene rings is 2. The van der Waals surface area contributed by atoms with Crippen molar-refractivity contribution in [2.45, 2.75) is 13.5 Å². The summed E-state index contributed by atoms with van der Waals surface area (Å²) in [5, 5.41) is 14.0. The summed E-state index contributed by atoms with van der Waals surface area (Å²) in [5.74, 6) is 1.24. The Hall–Kier alpha value is -2.88. The highest BCUT2D eigenvalue weighted by Gasteiger charge is 2.21. The number of hydrogen-bond donors (Lipinski definition) is 0. The minimum Gasteiger partial charge on any atom is -0.368 e. The van der Waals surface area contributed by atoms with Crippen LogP contribution in [0.1, 0.15) is 17.0 Å². The van der Waals surface area contributed by atoms with Crippen LogP contribution in [0.4, 0.5) is 5.69 Å². The topological polar surface area (TPSA) is 69.2 Å². The Morgan fingerprint density at radius 3 is 2.57 bits per heavy atom. The molecular formula is C21H20ClN5O. The SMILES string of the molecule is Cc1ccc(-c2noc(CN3CCN(c4ccc(Cl)cc4C#N)CC3)n2)cc1. The highest BCUT2D eigenvalue weighted by molar-refractivity contribution is 6.30. The second-order valence-corrected chi connectivity index (χ2v) is 7.35. The number of piperazine rings is 1. The van der Waals surface area contributed by atoms with Gasteiger partial charge in [0, 0.05) is 36.8 Å². The largest absolute Gasteiger partial charge is 0.368 e. The van der Waals surface area contributed by atoms with Crippen molar-refractivity contribution >= 4 is 17.3 Å². The lowest BCUT2D eigenvalue weighted by Crippen LogP contribution is -2.46. The Morgan fingerprint density at radius 1 is 1.11 bits per heavy atom. The minimum atomic E-state index is 0.583. The van der Waals surface area contributed by atoms with E-state index in [0.717, 1.165) is 37.4 Å². The monoisotopic (exact) mass is 393 g/mol. The Morgan fingerprint density at radius 2 is 1.86 bits per heavy atom. The van der Waals surface area contributed by atoms with Gasteiger partial charge < -0.3 is 9.42 Å². The minimum absolute atomic E-state index is 0.583. The highest BCUT2D eigenvalue weighted by atomic mass is 35.5. The van der Waals surface area contributed by atoms with Crippen LogP contribution in [-0.4, -0.2) is 41.2 Å². The normalized spacial score (nSPS) is 14.8. The fraction of sp³-hybridized carbons (Fsp3) is 0.286. The van der Waals surface area contributed by atoms with E-state index in [1.807, 2.05) is 36.4 Å². The van der Waals surface area contributed by atoms with E-state index in [-0.39, 0.29) is 0 Å². The number of aryl methyl sites for hydroxylation is 1. The molecule has 0 aliphatic carbocycles. The van der Waals surface area contributed by atoms with Crippen LogP contribution in [-0.2, 0) is 6.54 Å². The Labute approximate surface area is 168 Å². The van der Waals surface area contributed by atoms with Gasteiger partial charge in [-0.15, -0.1) is 0 Å². The molecule has 2 heterocycles. The first-order chi connectivity index (χ1) is 13.6. The summed E-state index contributed by atoms with van der Waals surface area (Å²) in [4.78, 5) is 9.03. The molecule has 0 saturated carbocycles. The average Bonchev–Trinajstić information content (AvgIpc) is 3.17. The Bertz CT molecular complexity index is 1000. The Balaban J connectivity index is 1.38. The van der Waals surface area contributed by atoms with E-state index in [0.29, 0.717) is 28.8 Å². The van der Waals surface area contributed by atoms with E-state index in [9.17, 15) is 5.26 Å².